The Labute approximate surface area is 112 Å². The lowest BCUT2D eigenvalue weighted by molar-refractivity contribution is -0.134. The second-order valence-corrected chi connectivity index (χ2v) is 5.02. The van der Waals surface area contributed by atoms with E-state index in [9.17, 15) is 4.79 Å². The molecule has 0 saturated heterocycles. The van der Waals surface area contributed by atoms with Crippen molar-refractivity contribution in [2.45, 2.75) is 25.8 Å². The van der Waals surface area contributed by atoms with E-state index >= 15 is 0 Å². The van der Waals surface area contributed by atoms with E-state index in [0.717, 1.165) is 12.8 Å². The quantitative estimate of drug-likeness (QED) is 0.368. The van der Waals surface area contributed by atoms with Crippen LogP contribution in [0.4, 0.5) is 0 Å². The van der Waals surface area contributed by atoms with E-state index in [1.165, 1.54) is 11.1 Å². The van der Waals surface area contributed by atoms with Crippen molar-refractivity contribution in [1.29, 1.82) is 0 Å². The molecule has 0 heterocycles. The van der Waals surface area contributed by atoms with E-state index in [1.54, 1.807) is 18.9 Å². The van der Waals surface area contributed by atoms with Gasteiger partial charge in [-0.1, -0.05) is 29.4 Å². The molecule has 1 aromatic rings. The molecule has 0 bridgehead atoms. The zero-order valence-electron chi connectivity index (χ0n) is 11.2. The fraction of sp³-hybridized carbons (Fsp3) is 0.429. The van der Waals surface area contributed by atoms with Gasteiger partial charge in [0.05, 0.1) is 6.04 Å². The topological polar surface area (TPSA) is 78.9 Å². The maximum atomic E-state index is 12.4. The summed E-state index contributed by atoms with van der Waals surface area (Å²) in [4.78, 5) is 14.0. The number of hydrogen-bond acceptors (Lipinski definition) is 3. The standard InChI is InChI=1S/C14H19N3O2/c1-9(13(15)16-19)17(2)14(18)12-7-10-5-3-4-6-11(10)8-12/h3-6,9,12,19H,7-8H2,1-2H3,(H2,15,16). The third kappa shape index (κ3) is 2.54. The lowest BCUT2D eigenvalue weighted by Crippen LogP contribution is -2.46. The molecule has 1 aromatic carbocycles. The summed E-state index contributed by atoms with van der Waals surface area (Å²) in [5.74, 6) is 0.0398. The van der Waals surface area contributed by atoms with Crippen molar-refractivity contribution in [2.75, 3.05) is 7.05 Å². The molecule has 0 aliphatic heterocycles. The maximum Gasteiger partial charge on any atom is 0.226 e. The molecule has 1 aliphatic carbocycles. The molecule has 0 spiro atoms. The molecule has 102 valence electrons. The van der Waals surface area contributed by atoms with Crippen LogP contribution in [0.25, 0.3) is 0 Å². The summed E-state index contributed by atoms with van der Waals surface area (Å²) in [6.45, 7) is 1.75. The summed E-state index contributed by atoms with van der Waals surface area (Å²) in [5.41, 5.74) is 8.03. The molecule has 1 amide bonds. The first-order chi connectivity index (χ1) is 9.04. The largest absolute Gasteiger partial charge is 0.409 e. The molecule has 5 heteroatoms. The molecule has 1 atom stereocenters. The van der Waals surface area contributed by atoms with Gasteiger partial charge in [0, 0.05) is 13.0 Å². The number of fused-ring (bicyclic) bond motifs is 1. The molecular formula is C14H19N3O2. The number of nitrogens with zero attached hydrogens (tertiary/aromatic N) is 2. The second-order valence-electron chi connectivity index (χ2n) is 5.02. The van der Waals surface area contributed by atoms with E-state index in [2.05, 4.69) is 17.3 Å². The van der Waals surface area contributed by atoms with Crippen molar-refractivity contribution in [2.24, 2.45) is 16.8 Å². The predicted molar refractivity (Wildman–Crippen MR) is 73.0 cm³/mol. The highest BCUT2D eigenvalue weighted by Gasteiger charge is 2.31. The number of carbonyl (C=O) groups is 1. The van der Waals surface area contributed by atoms with Gasteiger partial charge < -0.3 is 15.8 Å². The lowest BCUT2D eigenvalue weighted by atomic mass is 10.0. The zero-order chi connectivity index (χ0) is 14.0. The molecule has 0 fully saturated rings. The van der Waals surface area contributed by atoms with Crippen molar-refractivity contribution >= 4 is 11.7 Å². The number of carbonyl (C=O) groups excluding carboxylic acids is 1. The highest BCUT2D eigenvalue weighted by Crippen LogP contribution is 2.27. The van der Waals surface area contributed by atoms with Gasteiger partial charge in [0.2, 0.25) is 5.91 Å². The van der Waals surface area contributed by atoms with Crippen LogP contribution < -0.4 is 5.73 Å². The van der Waals surface area contributed by atoms with Crippen LogP contribution in [0.3, 0.4) is 0 Å². The Kier molecular flexibility index (Phi) is 3.74. The first-order valence-corrected chi connectivity index (χ1v) is 6.35. The number of nitrogens with two attached hydrogens (primary N) is 1. The molecule has 1 aliphatic rings. The summed E-state index contributed by atoms with van der Waals surface area (Å²) >= 11 is 0. The van der Waals surface area contributed by atoms with Crippen LogP contribution in [-0.4, -0.2) is 34.9 Å². The van der Waals surface area contributed by atoms with Gasteiger partial charge in [0.15, 0.2) is 5.84 Å². The average Bonchev–Trinajstić information content (AvgIpc) is 2.87. The first-order valence-electron chi connectivity index (χ1n) is 6.35. The third-order valence-corrected chi connectivity index (χ3v) is 3.87. The predicted octanol–water partition coefficient (Wildman–Crippen LogP) is 0.995. The highest BCUT2D eigenvalue weighted by atomic mass is 16.4. The summed E-state index contributed by atoms with van der Waals surface area (Å²) in [6, 6.07) is 7.72. The van der Waals surface area contributed by atoms with Crippen LogP contribution in [0.1, 0.15) is 18.1 Å². The molecule has 19 heavy (non-hydrogen) atoms. The number of rotatable bonds is 3. The summed E-state index contributed by atoms with van der Waals surface area (Å²) in [5, 5.41) is 11.6. The zero-order valence-corrected chi connectivity index (χ0v) is 11.2. The number of hydrogen-bond donors (Lipinski definition) is 2. The van der Waals surface area contributed by atoms with E-state index in [1.807, 2.05) is 12.1 Å². The second kappa shape index (κ2) is 5.30. The van der Waals surface area contributed by atoms with Gasteiger partial charge >= 0.3 is 0 Å². The fourth-order valence-corrected chi connectivity index (χ4v) is 2.49. The van der Waals surface area contributed by atoms with Gasteiger partial charge in [-0.2, -0.15) is 0 Å². The summed E-state index contributed by atoms with van der Waals surface area (Å²) < 4.78 is 0. The Morgan fingerprint density at radius 3 is 2.42 bits per heavy atom. The van der Waals surface area contributed by atoms with Crippen molar-refractivity contribution in [3.05, 3.63) is 35.4 Å². The molecule has 3 N–H and O–H groups in total. The third-order valence-electron chi connectivity index (χ3n) is 3.87. The van der Waals surface area contributed by atoms with Crippen molar-refractivity contribution < 1.29 is 10.0 Å². The van der Waals surface area contributed by atoms with Crippen LogP contribution >= 0.6 is 0 Å². The van der Waals surface area contributed by atoms with Crippen LogP contribution in [0.2, 0.25) is 0 Å². The summed E-state index contributed by atoms with van der Waals surface area (Å²) in [7, 11) is 1.69. The van der Waals surface area contributed by atoms with Crippen molar-refractivity contribution in [1.82, 2.24) is 4.90 Å². The molecule has 5 nitrogen and oxygen atoms in total. The number of amidine groups is 1. The molecule has 0 saturated carbocycles. The van der Waals surface area contributed by atoms with Crippen LogP contribution in [-0.2, 0) is 17.6 Å². The first kappa shape index (κ1) is 13.4. The van der Waals surface area contributed by atoms with Crippen LogP contribution in [0.15, 0.2) is 29.4 Å². The molecule has 0 aromatic heterocycles. The summed E-state index contributed by atoms with van der Waals surface area (Å²) in [6.07, 6.45) is 1.53. The van der Waals surface area contributed by atoms with E-state index in [0.29, 0.717) is 0 Å². The van der Waals surface area contributed by atoms with Crippen LogP contribution in [0, 0.1) is 5.92 Å². The van der Waals surface area contributed by atoms with Crippen molar-refractivity contribution in [3.8, 4) is 0 Å². The number of amides is 1. The molecule has 2 rings (SSSR count). The minimum Gasteiger partial charge on any atom is -0.409 e. The van der Waals surface area contributed by atoms with Gasteiger partial charge in [0.1, 0.15) is 0 Å². The van der Waals surface area contributed by atoms with Crippen LogP contribution in [0.5, 0.6) is 0 Å². The Balaban J connectivity index is 2.07. The van der Waals surface area contributed by atoms with E-state index < -0.39 is 6.04 Å². The lowest BCUT2D eigenvalue weighted by Gasteiger charge is -2.26. The monoisotopic (exact) mass is 261 g/mol. The van der Waals surface area contributed by atoms with Gasteiger partial charge in [0.25, 0.3) is 0 Å². The smallest absolute Gasteiger partial charge is 0.226 e. The maximum absolute atomic E-state index is 12.4. The molecule has 0 radical (unpaired) electrons. The van der Waals surface area contributed by atoms with Crippen molar-refractivity contribution in [3.63, 3.8) is 0 Å². The number of likely N-dealkylation sites (N-methyl/N-ethyl adjacent to an activating group) is 1. The van der Waals surface area contributed by atoms with Gasteiger partial charge in [-0.25, -0.2) is 0 Å². The number of oxime groups is 1. The normalized spacial score (nSPS) is 17.1. The Bertz CT molecular complexity index is 488. The Hall–Kier alpha value is -2.04. The Morgan fingerprint density at radius 1 is 1.42 bits per heavy atom. The average molecular weight is 261 g/mol. The minimum absolute atomic E-state index is 0.0373. The highest BCUT2D eigenvalue weighted by molar-refractivity contribution is 5.90. The SMILES string of the molecule is CC(/C(N)=N/O)N(C)C(=O)C1Cc2ccccc2C1. The van der Waals surface area contributed by atoms with Gasteiger partial charge in [-0.3, -0.25) is 4.79 Å². The van der Waals surface area contributed by atoms with E-state index in [4.69, 9.17) is 10.9 Å². The van der Waals surface area contributed by atoms with Gasteiger partial charge in [-0.15, -0.1) is 0 Å². The molecule has 1 unspecified atom stereocenters. The minimum atomic E-state index is -0.402. The fourth-order valence-electron chi connectivity index (χ4n) is 2.49. The number of benzene rings is 1. The Morgan fingerprint density at radius 2 is 1.95 bits per heavy atom. The van der Waals surface area contributed by atoms with Gasteiger partial charge in [-0.05, 0) is 30.9 Å². The van der Waals surface area contributed by atoms with E-state index in [-0.39, 0.29) is 17.7 Å². The molecular weight excluding hydrogens is 242 g/mol.